The topological polar surface area (TPSA) is 106 Å². The number of benzene rings is 2. The van der Waals surface area contributed by atoms with E-state index >= 15 is 0 Å². The summed E-state index contributed by atoms with van der Waals surface area (Å²) >= 11 is 1.28. The Labute approximate surface area is 180 Å². The summed E-state index contributed by atoms with van der Waals surface area (Å²) in [6.45, 7) is 1.95. The summed E-state index contributed by atoms with van der Waals surface area (Å²) in [7, 11) is 1.44. The molecule has 0 fully saturated rings. The van der Waals surface area contributed by atoms with Gasteiger partial charge in [-0.3, -0.25) is 14.5 Å². The van der Waals surface area contributed by atoms with Crippen molar-refractivity contribution in [2.75, 3.05) is 12.0 Å². The fraction of sp³-hybridized carbons (Fsp3) is 0.182. The summed E-state index contributed by atoms with van der Waals surface area (Å²) in [4.78, 5) is 28.3. The zero-order valence-electron chi connectivity index (χ0n) is 16.7. The minimum atomic E-state index is -0.796. The van der Waals surface area contributed by atoms with Crippen LogP contribution in [0, 0.1) is 0 Å². The SMILES string of the molecule is CCc1nnc(N2C(=O)c3oc4ccccc4c(=O)c3C2c2ccc(O)c(OC)c2)s1. The van der Waals surface area contributed by atoms with Gasteiger partial charge in [0.15, 0.2) is 16.9 Å². The summed E-state index contributed by atoms with van der Waals surface area (Å²) in [5.41, 5.74) is 0.863. The van der Waals surface area contributed by atoms with Gasteiger partial charge in [-0.05, 0) is 36.2 Å². The molecule has 0 radical (unpaired) electrons. The number of aryl methyl sites for hydroxylation is 1. The smallest absolute Gasteiger partial charge is 0.297 e. The van der Waals surface area contributed by atoms with Crippen LogP contribution in [-0.2, 0) is 6.42 Å². The van der Waals surface area contributed by atoms with Gasteiger partial charge in [-0.2, -0.15) is 0 Å². The molecule has 1 aliphatic heterocycles. The second-order valence-corrected chi connectivity index (χ2v) is 8.05. The summed E-state index contributed by atoms with van der Waals surface area (Å²) in [6.07, 6.45) is 0.672. The van der Waals surface area contributed by atoms with Crippen molar-refractivity contribution in [3.8, 4) is 11.5 Å². The highest BCUT2D eigenvalue weighted by atomic mass is 32.1. The Balaban J connectivity index is 1.80. The molecule has 0 bridgehead atoms. The zero-order chi connectivity index (χ0) is 21.7. The van der Waals surface area contributed by atoms with Gasteiger partial charge in [0.05, 0.1) is 24.1 Å². The molecule has 9 heteroatoms. The molecule has 2 aromatic carbocycles. The number of ether oxygens (including phenoxy) is 1. The number of hydrogen-bond donors (Lipinski definition) is 1. The number of phenols is 1. The fourth-order valence-corrected chi connectivity index (χ4v) is 4.59. The quantitative estimate of drug-likeness (QED) is 0.521. The van der Waals surface area contributed by atoms with Crippen LogP contribution in [0.15, 0.2) is 51.7 Å². The molecule has 1 atom stereocenters. The van der Waals surface area contributed by atoms with Crippen LogP contribution in [0.25, 0.3) is 11.0 Å². The molecule has 8 nitrogen and oxygen atoms in total. The third kappa shape index (κ3) is 2.89. The van der Waals surface area contributed by atoms with Crippen LogP contribution in [0.4, 0.5) is 5.13 Å². The molecular weight excluding hydrogens is 418 g/mol. The van der Waals surface area contributed by atoms with Crippen molar-refractivity contribution in [2.45, 2.75) is 19.4 Å². The molecular formula is C22H17N3O5S. The summed E-state index contributed by atoms with van der Waals surface area (Å²) in [5.74, 6) is -0.296. The molecule has 4 aromatic rings. The molecule has 0 saturated heterocycles. The molecule has 2 aromatic heterocycles. The average Bonchev–Trinajstić information content (AvgIpc) is 3.37. The Morgan fingerprint density at radius 2 is 2.00 bits per heavy atom. The van der Waals surface area contributed by atoms with Crippen LogP contribution in [0.5, 0.6) is 11.5 Å². The number of anilines is 1. The number of carbonyl (C=O) groups is 1. The zero-order valence-corrected chi connectivity index (χ0v) is 17.5. The number of amides is 1. The van der Waals surface area contributed by atoms with Crippen molar-refractivity contribution in [1.29, 1.82) is 0 Å². The van der Waals surface area contributed by atoms with Gasteiger partial charge in [-0.15, -0.1) is 10.2 Å². The maximum Gasteiger partial charge on any atom is 0.297 e. The summed E-state index contributed by atoms with van der Waals surface area (Å²) < 4.78 is 11.1. The molecule has 5 rings (SSSR count). The molecule has 31 heavy (non-hydrogen) atoms. The van der Waals surface area contributed by atoms with Crippen molar-refractivity contribution in [3.05, 3.63) is 74.6 Å². The first-order valence-corrected chi connectivity index (χ1v) is 10.4. The highest BCUT2D eigenvalue weighted by Gasteiger charge is 2.45. The molecule has 1 N–H and O–H groups in total. The normalized spacial score (nSPS) is 15.5. The largest absolute Gasteiger partial charge is 0.504 e. The maximum absolute atomic E-state index is 13.5. The number of carbonyl (C=O) groups excluding carboxylic acids is 1. The van der Waals surface area contributed by atoms with E-state index in [1.54, 1.807) is 36.4 Å². The monoisotopic (exact) mass is 435 g/mol. The Kier molecular flexibility index (Phi) is 4.48. The van der Waals surface area contributed by atoms with E-state index in [9.17, 15) is 14.7 Å². The van der Waals surface area contributed by atoms with Crippen molar-refractivity contribution in [1.82, 2.24) is 10.2 Å². The highest BCUT2D eigenvalue weighted by molar-refractivity contribution is 7.15. The van der Waals surface area contributed by atoms with Gasteiger partial charge in [0.25, 0.3) is 5.91 Å². The first-order valence-electron chi connectivity index (χ1n) is 9.62. The first-order chi connectivity index (χ1) is 15.0. The molecule has 0 saturated carbocycles. The average molecular weight is 435 g/mol. The molecule has 0 spiro atoms. The molecule has 1 amide bonds. The van der Waals surface area contributed by atoms with E-state index in [1.165, 1.54) is 29.4 Å². The van der Waals surface area contributed by atoms with Crippen LogP contribution < -0.4 is 15.1 Å². The van der Waals surface area contributed by atoms with Crippen molar-refractivity contribution >= 4 is 33.3 Å². The van der Waals surface area contributed by atoms with Crippen LogP contribution in [0.1, 0.15) is 39.7 Å². The lowest BCUT2D eigenvalue weighted by atomic mass is 9.98. The molecule has 156 valence electrons. The van der Waals surface area contributed by atoms with Gasteiger partial charge >= 0.3 is 0 Å². The van der Waals surface area contributed by atoms with Gasteiger partial charge in [0.2, 0.25) is 10.9 Å². The van der Waals surface area contributed by atoms with Crippen molar-refractivity contribution in [3.63, 3.8) is 0 Å². The molecule has 3 heterocycles. The van der Waals surface area contributed by atoms with E-state index in [0.29, 0.717) is 28.1 Å². The highest BCUT2D eigenvalue weighted by Crippen LogP contribution is 2.43. The summed E-state index contributed by atoms with van der Waals surface area (Å²) in [5, 5.41) is 19.9. The number of rotatable bonds is 4. The standard InChI is InChI=1S/C22H17N3O5S/c1-3-16-23-24-22(31-16)25-18(11-8-9-13(26)15(10-11)29-2)17-19(27)12-6-4-5-7-14(12)30-20(17)21(25)28/h4-10,18,26H,3H2,1-2H3. The predicted molar refractivity (Wildman–Crippen MR) is 115 cm³/mol. The van der Waals surface area contributed by atoms with Crippen LogP contribution >= 0.6 is 11.3 Å². The van der Waals surface area contributed by atoms with E-state index in [2.05, 4.69) is 10.2 Å². The number of aromatic nitrogens is 2. The van der Waals surface area contributed by atoms with Gasteiger partial charge in [0.1, 0.15) is 10.6 Å². The summed E-state index contributed by atoms with van der Waals surface area (Å²) in [6, 6.07) is 10.7. The number of para-hydroxylation sites is 1. The van der Waals surface area contributed by atoms with Crippen LogP contribution in [-0.4, -0.2) is 28.3 Å². The maximum atomic E-state index is 13.5. The number of fused-ring (bicyclic) bond motifs is 2. The van der Waals surface area contributed by atoms with Gasteiger partial charge in [-0.25, -0.2) is 0 Å². The minimum Gasteiger partial charge on any atom is -0.504 e. The molecule has 1 aliphatic rings. The minimum absolute atomic E-state index is 0.0195. The van der Waals surface area contributed by atoms with Gasteiger partial charge in [-0.1, -0.05) is 36.5 Å². The lowest BCUT2D eigenvalue weighted by Crippen LogP contribution is -2.29. The van der Waals surface area contributed by atoms with E-state index < -0.39 is 11.9 Å². The molecule has 0 aliphatic carbocycles. The van der Waals surface area contributed by atoms with Gasteiger partial charge in [0, 0.05) is 0 Å². The number of methoxy groups -OCH3 is 1. The van der Waals surface area contributed by atoms with Crippen molar-refractivity contribution < 1.29 is 19.1 Å². The lowest BCUT2D eigenvalue weighted by Gasteiger charge is -2.22. The number of hydrogen-bond acceptors (Lipinski definition) is 8. The van der Waals surface area contributed by atoms with Crippen LogP contribution in [0.3, 0.4) is 0 Å². The van der Waals surface area contributed by atoms with Crippen LogP contribution in [0.2, 0.25) is 0 Å². The second-order valence-electron chi connectivity index (χ2n) is 7.01. The number of nitrogens with zero attached hydrogens (tertiary/aromatic N) is 3. The van der Waals surface area contributed by atoms with E-state index in [0.717, 1.165) is 5.01 Å². The molecule has 1 unspecified atom stereocenters. The number of aromatic hydroxyl groups is 1. The van der Waals surface area contributed by atoms with Crippen molar-refractivity contribution in [2.24, 2.45) is 0 Å². The fourth-order valence-electron chi connectivity index (χ4n) is 3.78. The Morgan fingerprint density at radius 1 is 1.19 bits per heavy atom. The first kappa shape index (κ1) is 19.3. The predicted octanol–water partition coefficient (Wildman–Crippen LogP) is 3.67. The van der Waals surface area contributed by atoms with E-state index in [4.69, 9.17) is 9.15 Å². The Morgan fingerprint density at radius 3 is 2.74 bits per heavy atom. The second kappa shape index (κ2) is 7.21. The van der Waals surface area contributed by atoms with E-state index in [-0.39, 0.29) is 28.3 Å². The Bertz CT molecular complexity index is 1390. The Hall–Kier alpha value is -3.72. The third-order valence-electron chi connectivity index (χ3n) is 5.26. The number of phenolic OH excluding ortho intramolecular Hbond substituents is 1. The third-order valence-corrected chi connectivity index (χ3v) is 6.33. The van der Waals surface area contributed by atoms with E-state index in [1.807, 2.05) is 6.92 Å². The van der Waals surface area contributed by atoms with Gasteiger partial charge < -0.3 is 14.3 Å². The lowest BCUT2D eigenvalue weighted by molar-refractivity contribution is 0.0970.